The molecule has 0 bridgehead atoms. The maximum absolute atomic E-state index is 2.48. The minimum Gasteiger partial charge on any atom is -0.0620 e. The van der Waals surface area contributed by atoms with Gasteiger partial charge in [-0.25, -0.2) is 0 Å². The summed E-state index contributed by atoms with van der Waals surface area (Å²) in [6.07, 6.45) is 0.870. The van der Waals surface area contributed by atoms with Gasteiger partial charge in [0.2, 0.25) is 0 Å². The highest BCUT2D eigenvalue weighted by atomic mass is 14.5. The molecule has 63 heavy (non-hydrogen) atoms. The highest BCUT2D eigenvalue weighted by molar-refractivity contribution is 5.94. The molecule has 0 spiro atoms. The zero-order valence-electron chi connectivity index (χ0n) is 36.8. The Morgan fingerprint density at radius 3 is 1.73 bits per heavy atom. The van der Waals surface area contributed by atoms with Crippen LogP contribution >= 0.6 is 0 Å². The minimum atomic E-state index is -0.478. The van der Waals surface area contributed by atoms with Crippen molar-refractivity contribution in [3.63, 3.8) is 0 Å². The van der Waals surface area contributed by atoms with Crippen molar-refractivity contribution in [2.24, 2.45) is 0 Å². The second-order valence-electron chi connectivity index (χ2n) is 18.0. The monoisotopic (exact) mass is 806 g/mol. The van der Waals surface area contributed by atoms with Gasteiger partial charge in [-0.3, -0.25) is 0 Å². The number of rotatable bonds is 7. The van der Waals surface area contributed by atoms with Crippen molar-refractivity contribution in [1.82, 2.24) is 0 Å². The fourth-order valence-corrected chi connectivity index (χ4v) is 10.6. The zero-order chi connectivity index (χ0) is 42.8. The van der Waals surface area contributed by atoms with Crippen LogP contribution in [0.2, 0.25) is 0 Å². The molecule has 1 unspecified atom stereocenters. The summed E-state index contributed by atoms with van der Waals surface area (Å²) in [7, 11) is 0. The molecule has 0 heterocycles. The molecule has 0 N–H and O–H groups in total. The molecule has 10 aromatic carbocycles. The Bertz CT molecular complexity index is 3400. The van der Waals surface area contributed by atoms with E-state index in [0.29, 0.717) is 0 Å². The number of hydrogen-bond acceptors (Lipinski definition) is 0. The van der Waals surface area contributed by atoms with Crippen LogP contribution in [-0.4, -0.2) is 0 Å². The van der Waals surface area contributed by atoms with Gasteiger partial charge in [-0.05, 0) is 175 Å². The van der Waals surface area contributed by atoms with Gasteiger partial charge in [0.1, 0.15) is 0 Å². The van der Waals surface area contributed by atoms with E-state index in [1.165, 1.54) is 127 Å². The van der Waals surface area contributed by atoms with Gasteiger partial charge in [0.15, 0.2) is 0 Å². The van der Waals surface area contributed by atoms with Crippen molar-refractivity contribution < 1.29 is 0 Å². The molecule has 0 fully saturated rings. The average molecular weight is 807 g/mol. The Morgan fingerprint density at radius 2 is 0.921 bits per heavy atom. The Labute approximate surface area is 372 Å². The Kier molecular flexibility index (Phi) is 9.36. The van der Waals surface area contributed by atoms with Gasteiger partial charge in [-0.1, -0.05) is 193 Å². The highest BCUT2D eigenvalue weighted by Gasteiger charge is 2.46. The summed E-state index contributed by atoms with van der Waals surface area (Å²) in [5.41, 5.74) is 24.2. The van der Waals surface area contributed by atoms with E-state index in [0.717, 1.165) is 6.42 Å². The normalized spacial score (nSPS) is 14.2. The summed E-state index contributed by atoms with van der Waals surface area (Å²) in [4.78, 5) is 0. The molecule has 0 aliphatic heterocycles. The molecule has 0 amide bonds. The quantitative estimate of drug-likeness (QED) is 0.150. The van der Waals surface area contributed by atoms with Crippen molar-refractivity contribution in [2.45, 2.75) is 46.5 Å². The Hall–Kier alpha value is -7.28. The van der Waals surface area contributed by atoms with Gasteiger partial charge in [0.25, 0.3) is 0 Å². The van der Waals surface area contributed by atoms with Gasteiger partial charge in [0.05, 0.1) is 5.41 Å². The van der Waals surface area contributed by atoms with Crippen molar-refractivity contribution >= 4 is 21.5 Å². The van der Waals surface area contributed by atoms with Crippen LogP contribution in [0.3, 0.4) is 0 Å². The highest BCUT2D eigenvalue weighted by Crippen LogP contribution is 2.57. The number of aryl methyl sites for hydroxylation is 5. The van der Waals surface area contributed by atoms with Crippen LogP contribution in [-0.2, 0) is 11.8 Å². The van der Waals surface area contributed by atoms with Crippen LogP contribution in [0, 0.1) is 34.6 Å². The molecule has 1 aliphatic carbocycles. The lowest BCUT2D eigenvalue weighted by Crippen LogP contribution is -2.28. The predicted molar refractivity (Wildman–Crippen MR) is 268 cm³/mol. The summed E-state index contributed by atoms with van der Waals surface area (Å²) < 4.78 is 0. The van der Waals surface area contributed by atoms with E-state index in [1.807, 2.05) is 0 Å². The molecule has 10 aromatic rings. The number of fused-ring (bicyclic) bond motifs is 5. The maximum atomic E-state index is 2.48. The summed E-state index contributed by atoms with van der Waals surface area (Å²) in [5.74, 6) is 0. The van der Waals surface area contributed by atoms with Gasteiger partial charge in [-0.2, -0.15) is 0 Å². The smallest absolute Gasteiger partial charge is 0.0620 e. The van der Waals surface area contributed by atoms with Crippen molar-refractivity contribution in [2.75, 3.05) is 0 Å². The SMILES string of the molecule is Cc1ccc(C2(c3ccc(Cc4cc5ccc(-c6cccc(C)c6-c6ccccc6C)cc5cc4C)cc3)c3ccccc3-c3ccc(-c4ccc5ccc(C)cc5c4)cc32)cc1. The lowest BCUT2D eigenvalue weighted by atomic mass is 9.67. The summed E-state index contributed by atoms with van der Waals surface area (Å²) in [5, 5.41) is 5.10. The fraction of sp³-hybridized carbons (Fsp3) is 0.111. The molecule has 0 saturated heterocycles. The third-order valence-electron chi connectivity index (χ3n) is 13.9. The Morgan fingerprint density at radius 1 is 0.333 bits per heavy atom. The van der Waals surface area contributed by atoms with Gasteiger partial charge < -0.3 is 0 Å². The maximum Gasteiger partial charge on any atom is 0.0713 e. The van der Waals surface area contributed by atoms with Crippen LogP contribution in [0.15, 0.2) is 200 Å². The summed E-state index contributed by atoms with van der Waals surface area (Å²) in [6, 6.07) is 75.9. The lowest BCUT2D eigenvalue weighted by molar-refractivity contribution is 0.767. The van der Waals surface area contributed by atoms with E-state index < -0.39 is 5.41 Å². The molecule has 0 nitrogen and oxygen atoms in total. The second-order valence-corrected chi connectivity index (χ2v) is 18.0. The molecular weight excluding hydrogens is 757 g/mol. The number of hydrogen-bond donors (Lipinski definition) is 0. The lowest BCUT2D eigenvalue weighted by Gasteiger charge is -2.34. The molecule has 1 atom stereocenters. The third-order valence-corrected chi connectivity index (χ3v) is 13.9. The van der Waals surface area contributed by atoms with Crippen LogP contribution in [0.5, 0.6) is 0 Å². The van der Waals surface area contributed by atoms with E-state index in [1.54, 1.807) is 0 Å². The van der Waals surface area contributed by atoms with Crippen molar-refractivity contribution in [3.05, 3.63) is 261 Å². The van der Waals surface area contributed by atoms with Crippen molar-refractivity contribution in [3.8, 4) is 44.5 Å². The van der Waals surface area contributed by atoms with E-state index in [2.05, 4.69) is 235 Å². The topological polar surface area (TPSA) is 0 Å². The molecule has 0 radical (unpaired) electrons. The van der Waals surface area contributed by atoms with Crippen LogP contribution in [0.4, 0.5) is 0 Å². The van der Waals surface area contributed by atoms with Crippen LogP contribution in [0.25, 0.3) is 66.1 Å². The Balaban J connectivity index is 0.980. The number of benzene rings is 10. The van der Waals surface area contributed by atoms with E-state index in [9.17, 15) is 0 Å². The van der Waals surface area contributed by atoms with Crippen LogP contribution < -0.4 is 0 Å². The van der Waals surface area contributed by atoms with E-state index in [4.69, 9.17) is 0 Å². The van der Waals surface area contributed by atoms with Gasteiger partial charge >= 0.3 is 0 Å². The zero-order valence-corrected chi connectivity index (χ0v) is 36.8. The largest absolute Gasteiger partial charge is 0.0713 e. The van der Waals surface area contributed by atoms with Crippen LogP contribution in [0.1, 0.15) is 61.2 Å². The molecule has 0 aromatic heterocycles. The first-order valence-electron chi connectivity index (χ1n) is 22.4. The fourth-order valence-electron chi connectivity index (χ4n) is 10.6. The van der Waals surface area contributed by atoms with E-state index >= 15 is 0 Å². The molecule has 1 aliphatic rings. The second kappa shape index (κ2) is 15.3. The molecule has 0 heteroatoms. The first-order chi connectivity index (χ1) is 30.7. The molecule has 11 rings (SSSR count). The van der Waals surface area contributed by atoms with Gasteiger partial charge in [-0.15, -0.1) is 0 Å². The first-order valence-corrected chi connectivity index (χ1v) is 22.4. The first kappa shape index (κ1) is 38.6. The predicted octanol–water partition coefficient (Wildman–Crippen LogP) is 16.5. The summed E-state index contributed by atoms with van der Waals surface area (Å²) >= 11 is 0. The molecular formula is C63H50. The third kappa shape index (κ3) is 6.52. The van der Waals surface area contributed by atoms with Crippen molar-refractivity contribution in [1.29, 1.82) is 0 Å². The van der Waals surface area contributed by atoms with Gasteiger partial charge in [0, 0.05) is 0 Å². The minimum absolute atomic E-state index is 0.478. The summed E-state index contributed by atoms with van der Waals surface area (Å²) in [6.45, 7) is 11.1. The van der Waals surface area contributed by atoms with E-state index in [-0.39, 0.29) is 0 Å². The molecule has 0 saturated carbocycles. The molecule has 302 valence electrons. The standard InChI is InChI=1S/C63H50/c1-40-18-28-54(29-19-40)63(60-16-9-8-14-58(60)59-32-27-49(39-61(59)63)47-24-23-46-22-17-41(2)33-52(46)37-47)55-30-20-45(21-31-55)35-51-36-48-25-26-50(38-53(48)34-44(51)5)57-15-10-12-43(4)62(57)56-13-7-6-11-42(56)3/h6-34,36-39H,35H2,1-5H3. The average Bonchev–Trinajstić information content (AvgIpc) is 3.60.